The number of carbonyl (C=O) groups excluding carboxylic acids is 1. The first kappa shape index (κ1) is 19.0. The largest absolute Gasteiger partial charge is 0.490 e. The minimum absolute atomic E-state index is 0.100. The summed E-state index contributed by atoms with van der Waals surface area (Å²) in [6, 6.07) is 4.69. The van der Waals surface area contributed by atoms with E-state index in [0.717, 1.165) is 12.8 Å². The molecule has 25 heavy (non-hydrogen) atoms. The fraction of sp³-hybridized carbons (Fsp3) is 0.588. The van der Waals surface area contributed by atoms with E-state index in [1.807, 2.05) is 0 Å². The molecule has 1 aliphatic carbocycles. The summed E-state index contributed by atoms with van der Waals surface area (Å²) in [4.78, 5) is 22.4. The van der Waals surface area contributed by atoms with Gasteiger partial charge >= 0.3 is 11.8 Å². The molecule has 0 saturated heterocycles. The van der Waals surface area contributed by atoms with Gasteiger partial charge < -0.3 is 19.5 Å². The Hall–Kier alpha value is -2.35. The number of nitro benzene ring substituents is 1. The molecule has 1 amide bonds. The molecule has 0 unspecified atom stereocenters. The number of nitrogens with one attached hydrogen (secondary N) is 1. The fourth-order valence-electron chi connectivity index (χ4n) is 2.31. The number of hydrogen-bond donors (Lipinski definition) is 1. The standard InChI is InChI=1S/C17H24N2O6/c1-16(2,3)25-15(20)18-17(7-8-17)11-24-10-12-5-6-14(23-4)13(9-12)19(21)22/h5-6,9H,7-8,10-11H2,1-4H3,(H,18,20). The number of benzene rings is 1. The van der Waals surface area contributed by atoms with Gasteiger partial charge in [0, 0.05) is 6.07 Å². The molecule has 8 nitrogen and oxygen atoms in total. The van der Waals surface area contributed by atoms with Crippen molar-refractivity contribution in [3.05, 3.63) is 33.9 Å². The molecule has 0 bridgehead atoms. The van der Waals surface area contributed by atoms with E-state index in [1.54, 1.807) is 32.9 Å². The maximum atomic E-state index is 11.9. The summed E-state index contributed by atoms with van der Waals surface area (Å²) in [5.74, 6) is 0.207. The van der Waals surface area contributed by atoms with Crippen molar-refractivity contribution in [2.24, 2.45) is 0 Å². The zero-order valence-electron chi connectivity index (χ0n) is 15.0. The van der Waals surface area contributed by atoms with Crippen LogP contribution >= 0.6 is 0 Å². The first-order chi connectivity index (χ1) is 11.6. The highest BCUT2D eigenvalue weighted by atomic mass is 16.6. The van der Waals surface area contributed by atoms with Gasteiger partial charge in [0.05, 0.1) is 30.8 Å². The number of rotatable bonds is 7. The van der Waals surface area contributed by atoms with Crippen LogP contribution in [0.5, 0.6) is 5.75 Å². The van der Waals surface area contributed by atoms with Crippen LogP contribution in [0.15, 0.2) is 18.2 Å². The van der Waals surface area contributed by atoms with Crippen LogP contribution in [0.4, 0.5) is 10.5 Å². The first-order valence-corrected chi connectivity index (χ1v) is 8.04. The van der Waals surface area contributed by atoms with Crippen LogP contribution in [0.25, 0.3) is 0 Å². The van der Waals surface area contributed by atoms with E-state index in [-0.39, 0.29) is 18.0 Å². The second kappa shape index (κ2) is 7.26. The number of nitro groups is 1. The Morgan fingerprint density at radius 1 is 1.36 bits per heavy atom. The molecular formula is C17H24N2O6. The molecule has 1 aromatic rings. The monoisotopic (exact) mass is 352 g/mol. The van der Waals surface area contributed by atoms with Gasteiger partial charge in [-0.05, 0) is 45.2 Å². The topological polar surface area (TPSA) is 99.9 Å². The van der Waals surface area contributed by atoms with Gasteiger partial charge in [0.25, 0.3) is 0 Å². The van der Waals surface area contributed by atoms with E-state index in [1.165, 1.54) is 13.2 Å². The summed E-state index contributed by atoms with van der Waals surface area (Å²) in [7, 11) is 1.39. The lowest BCUT2D eigenvalue weighted by atomic mass is 10.2. The Morgan fingerprint density at radius 2 is 2.04 bits per heavy atom. The number of hydrogen-bond acceptors (Lipinski definition) is 6. The highest BCUT2D eigenvalue weighted by Gasteiger charge is 2.45. The minimum atomic E-state index is -0.553. The van der Waals surface area contributed by atoms with Crippen LogP contribution in [-0.4, -0.2) is 35.9 Å². The van der Waals surface area contributed by atoms with Crippen molar-refractivity contribution in [1.29, 1.82) is 0 Å². The SMILES string of the molecule is COc1ccc(COCC2(NC(=O)OC(C)(C)C)CC2)cc1[N+](=O)[O-]. The van der Waals surface area contributed by atoms with E-state index in [4.69, 9.17) is 14.2 Å². The van der Waals surface area contributed by atoms with Crippen molar-refractivity contribution >= 4 is 11.8 Å². The van der Waals surface area contributed by atoms with Gasteiger partial charge in [-0.25, -0.2) is 4.79 Å². The Bertz CT molecular complexity index is 649. The van der Waals surface area contributed by atoms with Crippen LogP contribution in [0, 0.1) is 10.1 Å². The summed E-state index contributed by atoms with van der Waals surface area (Å²) in [5, 5.41) is 13.9. The Kier molecular flexibility index (Phi) is 5.52. The van der Waals surface area contributed by atoms with Gasteiger partial charge in [-0.15, -0.1) is 0 Å². The van der Waals surface area contributed by atoms with E-state index >= 15 is 0 Å². The lowest BCUT2D eigenvalue weighted by Crippen LogP contribution is -2.43. The third-order valence-corrected chi connectivity index (χ3v) is 3.71. The number of ether oxygens (including phenoxy) is 3. The third-order valence-electron chi connectivity index (χ3n) is 3.71. The van der Waals surface area contributed by atoms with Crippen LogP contribution in [-0.2, 0) is 16.1 Å². The summed E-state index contributed by atoms with van der Waals surface area (Å²) in [5.41, 5.74) is -0.388. The van der Waals surface area contributed by atoms with Crippen LogP contribution < -0.4 is 10.1 Å². The molecule has 0 spiro atoms. The Morgan fingerprint density at radius 3 is 2.56 bits per heavy atom. The number of nitrogens with zero attached hydrogens (tertiary/aromatic N) is 1. The van der Waals surface area contributed by atoms with Gasteiger partial charge in [-0.1, -0.05) is 6.07 Å². The lowest BCUT2D eigenvalue weighted by molar-refractivity contribution is -0.385. The van der Waals surface area contributed by atoms with Crippen molar-refractivity contribution in [2.45, 2.75) is 51.4 Å². The number of amides is 1. The summed E-state index contributed by atoms with van der Waals surface area (Å²) < 4.78 is 15.9. The minimum Gasteiger partial charge on any atom is -0.490 e. The number of alkyl carbamates (subject to hydrolysis) is 1. The van der Waals surface area contributed by atoms with Crippen molar-refractivity contribution in [1.82, 2.24) is 5.32 Å². The second-order valence-electron chi connectivity index (χ2n) is 7.16. The van der Waals surface area contributed by atoms with Crippen LogP contribution in [0.2, 0.25) is 0 Å². The van der Waals surface area contributed by atoms with Gasteiger partial charge in [-0.3, -0.25) is 10.1 Å². The van der Waals surface area contributed by atoms with E-state index in [0.29, 0.717) is 12.2 Å². The van der Waals surface area contributed by atoms with Gasteiger partial charge in [-0.2, -0.15) is 0 Å². The van der Waals surface area contributed by atoms with E-state index < -0.39 is 22.2 Å². The molecule has 2 rings (SSSR count). The molecular weight excluding hydrogens is 328 g/mol. The predicted molar refractivity (Wildman–Crippen MR) is 90.6 cm³/mol. The molecule has 0 heterocycles. The second-order valence-corrected chi connectivity index (χ2v) is 7.16. The molecule has 1 fully saturated rings. The first-order valence-electron chi connectivity index (χ1n) is 8.04. The van der Waals surface area contributed by atoms with Gasteiger partial charge in [0.15, 0.2) is 5.75 Å². The Labute approximate surface area is 146 Å². The molecule has 0 aromatic heterocycles. The highest BCUT2D eigenvalue weighted by molar-refractivity contribution is 5.69. The summed E-state index contributed by atoms with van der Waals surface area (Å²) >= 11 is 0. The number of carbonyl (C=O) groups is 1. The maximum Gasteiger partial charge on any atom is 0.408 e. The van der Waals surface area contributed by atoms with E-state index in [9.17, 15) is 14.9 Å². The lowest BCUT2D eigenvalue weighted by Gasteiger charge is -2.23. The van der Waals surface area contributed by atoms with Crippen LogP contribution in [0.3, 0.4) is 0 Å². The molecule has 0 atom stereocenters. The fourth-order valence-corrected chi connectivity index (χ4v) is 2.31. The summed E-state index contributed by atoms with van der Waals surface area (Å²) in [6.45, 7) is 5.95. The molecule has 0 radical (unpaired) electrons. The maximum absolute atomic E-state index is 11.9. The number of methoxy groups -OCH3 is 1. The Balaban J connectivity index is 1.87. The van der Waals surface area contributed by atoms with Gasteiger partial charge in [0.1, 0.15) is 5.60 Å². The smallest absolute Gasteiger partial charge is 0.408 e. The molecule has 138 valence electrons. The van der Waals surface area contributed by atoms with Crippen molar-refractivity contribution in [3.63, 3.8) is 0 Å². The predicted octanol–water partition coefficient (Wildman–Crippen LogP) is 3.18. The van der Waals surface area contributed by atoms with Crippen molar-refractivity contribution in [2.75, 3.05) is 13.7 Å². The molecule has 1 saturated carbocycles. The third kappa shape index (κ3) is 5.60. The molecule has 1 aliphatic rings. The average Bonchev–Trinajstić information content (AvgIpc) is 3.24. The molecule has 0 aliphatic heterocycles. The highest BCUT2D eigenvalue weighted by Crippen LogP contribution is 2.36. The van der Waals surface area contributed by atoms with Crippen molar-refractivity contribution in [3.8, 4) is 5.75 Å². The van der Waals surface area contributed by atoms with E-state index in [2.05, 4.69) is 5.32 Å². The average molecular weight is 352 g/mol. The molecule has 1 N–H and O–H groups in total. The zero-order chi connectivity index (χ0) is 18.7. The van der Waals surface area contributed by atoms with Gasteiger partial charge in [0.2, 0.25) is 0 Å². The normalized spacial score (nSPS) is 15.4. The zero-order valence-corrected chi connectivity index (χ0v) is 15.0. The summed E-state index contributed by atoms with van der Waals surface area (Å²) in [6.07, 6.45) is 1.16. The molecule has 1 aromatic carbocycles. The molecule has 8 heteroatoms. The van der Waals surface area contributed by atoms with Crippen LogP contribution in [0.1, 0.15) is 39.2 Å². The van der Waals surface area contributed by atoms with Crippen molar-refractivity contribution < 1.29 is 23.9 Å². The quantitative estimate of drug-likeness (QED) is 0.597.